The van der Waals surface area contributed by atoms with Gasteiger partial charge in [0.2, 0.25) is 0 Å². The number of halogens is 3. The van der Waals surface area contributed by atoms with Gasteiger partial charge in [0.25, 0.3) is 0 Å². The predicted octanol–water partition coefficient (Wildman–Crippen LogP) is 4.51. The lowest BCUT2D eigenvalue weighted by Gasteiger charge is -2.37. The Morgan fingerprint density at radius 3 is 2.56 bits per heavy atom. The molecule has 0 unspecified atom stereocenters. The van der Waals surface area contributed by atoms with Crippen molar-refractivity contribution in [1.82, 2.24) is 5.32 Å². The van der Waals surface area contributed by atoms with Gasteiger partial charge in [-0.2, -0.15) is 0 Å². The number of nitrogens with two attached hydrogens (primary N) is 1. The molecule has 1 aliphatic heterocycles. The summed E-state index contributed by atoms with van der Waals surface area (Å²) in [4.78, 5) is 4.66. The van der Waals surface area contributed by atoms with Crippen molar-refractivity contribution in [3.8, 4) is 0 Å². The van der Waals surface area contributed by atoms with Gasteiger partial charge in [0.1, 0.15) is 0 Å². The Kier molecular flexibility index (Phi) is 8.11. The van der Waals surface area contributed by atoms with Crippen LogP contribution in [-0.2, 0) is 10.2 Å². The Morgan fingerprint density at radius 2 is 1.92 bits per heavy atom. The van der Waals surface area contributed by atoms with Crippen LogP contribution in [-0.4, -0.2) is 31.8 Å². The van der Waals surface area contributed by atoms with Crippen LogP contribution in [0.4, 0.5) is 0 Å². The van der Waals surface area contributed by atoms with E-state index in [1.807, 2.05) is 12.1 Å². The minimum Gasteiger partial charge on any atom is -0.381 e. The monoisotopic (exact) mass is 497 g/mol. The zero-order valence-electron chi connectivity index (χ0n) is 14.3. The molecule has 1 saturated heterocycles. The maximum Gasteiger partial charge on any atom is 0.188 e. The molecule has 2 fully saturated rings. The topological polar surface area (TPSA) is 59.6 Å². The third-order valence-electron chi connectivity index (χ3n) is 5.21. The maximum absolute atomic E-state index is 6.48. The molecule has 0 spiro atoms. The Bertz CT molecular complexity index is 600. The SMILES string of the molecule is I.NC(=NCC1(c2ccc(Cl)cc2Cl)CCOCC1)NC1CCCC1. The molecular formula is C18H26Cl2IN3O. The van der Waals surface area contributed by atoms with Gasteiger partial charge in [-0.25, -0.2) is 0 Å². The first-order valence-electron chi connectivity index (χ1n) is 8.69. The molecule has 7 heteroatoms. The van der Waals surface area contributed by atoms with Crippen molar-refractivity contribution < 1.29 is 4.74 Å². The van der Waals surface area contributed by atoms with E-state index in [9.17, 15) is 0 Å². The summed E-state index contributed by atoms with van der Waals surface area (Å²) >= 11 is 12.5. The molecule has 0 amide bonds. The minimum atomic E-state index is -0.137. The van der Waals surface area contributed by atoms with E-state index in [0.717, 1.165) is 18.4 Å². The highest BCUT2D eigenvalue weighted by Gasteiger charge is 2.36. The summed E-state index contributed by atoms with van der Waals surface area (Å²) < 4.78 is 5.56. The first-order valence-corrected chi connectivity index (χ1v) is 9.44. The zero-order valence-corrected chi connectivity index (χ0v) is 18.1. The van der Waals surface area contributed by atoms with E-state index in [-0.39, 0.29) is 29.4 Å². The third-order valence-corrected chi connectivity index (χ3v) is 5.76. The van der Waals surface area contributed by atoms with Gasteiger partial charge >= 0.3 is 0 Å². The molecular weight excluding hydrogens is 472 g/mol. The Morgan fingerprint density at radius 1 is 1.24 bits per heavy atom. The van der Waals surface area contributed by atoms with Crippen LogP contribution in [0.1, 0.15) is 44.1 Å². The average molecular weight is 498 g/mol. The summed E-state index contributed by atoms with van der Waals surface area (Å²) in [7, 11) is 0. The number of nitrogens with zero attached hydrogens (tertiary/aromatic N) is 1. The zero-order chi connectivity index (χ0) is 17.0. The summed E-state index contributed by atoms with van der Waals surface area (Å²) in [5.41, 5.74) is 7.08. The number of guanidine groups is 1. The number of rotatable bonds is 4. The molecule has 3 rings (SSSR count). The quantitative estimate of drug-likeness (QED) is 0.365. The second-order valence-corrected chi connectivity index (χ2v) is 7.69. The Balaban J connectivity index is 0.00000225. The number of ether oxygens (including phenoxy) is 1. The van der Waals surface area contributed by atoms with Crippen molar-refractivity contribution in [1.29, 1.82) is 0 Å². The smallest absolute Gasteiger partial charge is 0.188 e. The van der Waals surface area contributed by atoms with Crippen LogP contribution >= 0.6 is 47.2 Å². The molecule has 0 aromatic heterocycles. The Hall–Kier alpha value is -0.240. The van der Waals surface area contributed by atoms with Crippen LogP contribution < -0.4 is 11.1 Å². The Labute approximate surface area is 176 Å². The van der Waals surface area contributed by atoms with Gasteiger partial charge in [0, 0.05) is 34.7 Å². The van der Waals surface area contributed by atoms with E-state index < -0.39 is 0 Å². The first kappa shape index (κ1) is 21.1. The second kappa shape index (κ2) is 9.62. The number of benzene rings is 1. The molecule has 3 N–H and O–H groups in total. The summed E-state index contributed by atoms with van der Waals surface area (Å²) in [6.07, 6.45) is 6.67. The van der Waals surface area contributed by atoms with Crippen LogP contribution in [0.3, 0.4) is 0 Å². The summed E-state index contributed by atoms with van der Waals surface area (Å²) in [6.45, 7) is 2.04. The van der Waals surface area contributed by atoms with E-state index in [0.29, 0.717) is 41.8 Å². The molecule has 0 radical (unpaired) electrons. The molecule has 1 saturated carbocycles. The normalized spacial score (nSPS) is 21.0. The number of aliphatic imine (C=N–C) groups is 1. The molecule has 0 bridgehead atoms. The highest BCUT2D eigenvalue weighted by Crippen LogP contribution is 2.39. The van der Waals surface area contributed by atoms with Crippen LogP contribution in [0.2, 0.25) is 10.0 Å². The lowest BCUT2D eigenvalue weighted by molar-refractivity contribution is 0.0531. The van der Waals surface area contributed by atoms with E-state index >= 15 is 0 Å². The summed E-state index contributed by atoms with van der Waals surface area (Å²) in [6, 6.07) is 6.19. The highest BCUT2D eigenvalue weighted by atomic mass is 127. The van der Waals surface area contributed by atoms with Gasteiger partial charge < -0.3 is 15.8 Å². The van der Waals surface area contributed by atoms with E-state index in [1.165, 1.54) is 25.7 Å². The highest BCUT2D eigenvalue weighted by molar-refractivity contribution is 14.0. The van der Waals surface area contributed by atoms with Crippen molar-refractivity contribution in [2.75, 3.05) is 19.8 Å². The van der Waals surface area contributed by atoms with Crippen LogP contribution in [0.25, 0.3) is 0 Å². The van der Waals surface area contributed by atoms with Crippen molar-refractivity contribution in [3.05, 3.63) is 33.8 Å². The van der Waals surface area contributed by atoms with Crippen LogP contribution in [0.15, 0.2) is 23.2 Å². The molecule has 140 valence electrons. The maximum atomic E-state index is 6.48. The van der Waals surface area contributed by atoms with Gasteiger partial charge in [-0.05, 0) is 43.4 Å². The molecule has 0 atom stereocenters. The van der Waals surface area contributed by atoms with E-state index in [2.05, 4.69) is 10.3 Å². The van der Waals surface area contributed by atoms with Gasteiger partial charge in [-0.3, -0.25) is 4.99 Å². The lowest BCUT2D eigenvalue weighted by atomic mass is 9.74. The number of hydrogen-bond acceptors (Lipinski definition) is 2. The third kappa shape index (κ3) is 5.37. The van der Waals surface area contributed by atoms with Crippen molar-refractivity contribution >= 4 is 53.1 Å². The van der Waals surface area contributed by atoms with E-state index in [1.54, 1.807) is 6.07 Å². The van der Waals surface area contributed by atoms with Crippen LogP contribution in [0, 0.1) is 0 Å². The largest absolute Gasteiger partial charge is 0.381 e. The fourth-order valence-corrected chi connectivity index (χ4v) is 4.36. The molecule has 1 aliphatic carbocycles. The fraction of sp³-hybridized carbons (Fsp3) is 0.611. The molecule has 25 heavy (non-hydrogen) atoms. The number of nitrogens with one attached hydrogen (secondary N) is 1. The van der Waals surface area contributed by atoms with Gasteiger partial charge in [0.05, 0.1) is 6.54 Å². The minimum absolute atomic E-state index is 0. The summed E-state index contributed by atoms with van der Waals surface area (Å²) in [5.74, 6) is 0.540. The first-order chi connectivity index (χ1) is 11.6. The lowest BCUT2D eigenvalue weighted by Crippen LogP contribution is -2.41. The molecule has 1 heterocycles. The van der Waals surface area contributed by atoms with Gasteiger partial charge in [-0.15, -0.1) is 24.0 Å². The average Bonchev–Trinajstić information content (AvgIpc) is 3.07. The predicted molar refractivity (Wildman–Crippen MR) is 115 cm³/mol. The van der Waals surface area contributed by atoms with Crippen molar-refractivity contribution in [2.45, 2.75) is 50.0 Å². The second-order valence-electron chi connectivity index (χ2n) is 6.84. The van der Waals surface area contributed by atoms with E-state index in [4.69, 9.17) is 33.7 Å². The van der Waals surface area contributed by atoms with Crippen molar-refractivity contribution in [3.63, 3.8) is 0 Å². The van der Waals surface area contributed by atoms with Crippen molar-refractivity contribution in [2.24, 2.45) is 10.7 Å². The number of hydrogen-bond donors (Lipinski definition) is 2. The van der Waals surface area contributed by atoms with Crippen LogP contribution in [0.5, 0.6) is 0 Å². The summed E-state index contributed by atoms with van der Waals surface area (Å²) in [5, 5.41) is 4.70. The molecule has 2 aliphatic rings. The molecule has 1 aromatic rings. The fourth-order valence-electron chi connectivity index (χ4n) is 3.76. The molecule has 4 nitrogen and oxygen atoms in total. The standard InChI is InChI=1S/C18H25Cl2N3O.HI/c19-13-5-6-15(16(20)11-13)18(7-9-24-10-8-18)12-22-17(21)23-14-3-1-2-4-14;/h5-6,11,14H,1-4,7-10,12H2,(H3,21,22,23);1H. The van der Waals surface area contributed by atoms with Gasteiger partial charge in [0.15, 0.2) is 5.96 Å². The van der Waals surface area contributed by atoms with Gasteiger partial charge in [-0.1, -0.05) is 42.1 Å². The molecule has 1 aromatic carbocycles.